The Kier molecular flexibility index (Phi) is 6.46. The van der Waals surface area contributed by atoms with Gasteiger partial charge in [0.1, 0.15) is 22.5 Å². The Hall–Kier alpha value is -4.86. The molecule has 38 heavy (non-hydrogen) atoms. The lowest BCUT2D eigenvalue weighted by Gasteiger charge is -2.15. The molecule has 3 aromatic carbocycles. The number of carbonyl (C=O) groups excluding carboxylic acids is 1. The number of benzene rings is 3. The number of aryl methyl sites for hydroxylation is 1. The Morgan fingerprint density at radius 2 is 1.71 bits per heavy atom. The third-order valence-electron chi connectivity index (χ3n) is 6.23. The molecule has 0 radical (unpaired) electrons. The van der Waals surface area contributed by atoms with Crippen LogP contribution in [0.25, 0.3) is 27.5 Å². The number of aromatic nitrogens is 2. The number of methoxy groups -OCH3 is 3. The van der Waals surface area contributed by atoms with Crippen molar-refractivity contribution >= 4 is 33.4 Å². The van der Waals surface area contributed by atoms with Crippen molar-refractivity contribution in [2.75, 3.05) is 26.6 Å². The molecule has 0 saturated heterocycles. The van der Waals surface area contributed by atoms with E-state index in [-0.39, 0.29) is 28.6 Å². The van der Waals surface area contributed by atoms with Gasteiger partial charge < -0.3 is 24.1 Å². The largest absolute Gasteiger partial charge is 0.493 e. The van der Waals surface area contributed by atoms with Gasteiger partial charge in [0.2, 0.25) is 11.7 Å². The number of carbonyl (C=O) groups is 1. The van der Waals surface area contributed by atoms with Crippen LogP contribution in [0.5, 0.6) is 17.2 Å². The summed E-state index contributed by atoms with van der Waals surface area (Å²) in [5.74, 6) is 0.698. The van der Waals surface area contributed by atoms with Crippen molar-refractivity contribution in [3.8, 4) is 22.9 Å². The van der Waals surface area contributed by atoms with E-state index in [2.05, 4.69) is 10.5 Å². The number of anilines is 1. The zero-order valence-electron chi connectivity index (χ0n) is 21.1. The van der Waals surface area contributed by atoms with Crippen molar-refractivity contribution < 1.29 is 27.9 Å². The molecule has 10 heteroatoms. The third-order valence-corrected chi connectivity index (χ3v) is 6.23. The molecule has 194 valence electrons. The number of nitrogens with one attached hydrogen (secondary N) is 1. The maximum atomic E-state index is 14.9. The summed E-state index contributed by atoms with van der Waals surface area (Å²) in [6.07, 6.45) is 0.0140. The standard InChI is InChI=1S/C28H24FN3O6/c1-15-24-26(31-38-15)25-19(29)9-6-10-20(25)32(28(24)34)18-8-5-7-16(11-18)12-23(33)30-17-13-21(35-2)27(37-4)22(14-17)36-3/h5-11,13-14H,12H2,1-4H3,(H,30,33). The summed E-state index contributed by atoms with van der Waals surface area (Å²) in [5, 5.41) is 7.15. The maximum absolute atomic E-state index is 14.9. The van der Waals surface area contributed by atoms with Gasteiger partial charge in [0, 0.05) is 23.5 Å². The van der Waals surface area contributed by atoms with Gasteiger partial charge in [-0.1, -0.05) is 23.4 Å². The molecule has 0 aliphatic heterocycles. The molecule has 5 rings (SSSR count). The van der Waals surface area contributed by atoms with Crippen molar-refractivity contribution in [3.63, 3.8) is 0 Å². The number of nitrogens with zero attached hydrogens (tertiary/aromatic N) is 2. The first-order chi connectivity index (χ1) is 18.4. The van der Waals surface area contributed by atoms with E-state index in [1.807, 2.05) is 0 Å². The van der Waals surface area contributed by atoms with E-state index in [9.17, 15) is 14.0 Å². The zero-order chi connectivity index (χ0) is 27.0. The minimum atomic E-state index is -0.518. The molecule has 0 aliphatic carbocycles. The van der Waals surface area contributed by atoms with Crippen LogP contribution in [0.1, 0.15) is 11.3 Å². The van der Waals surface area contributed by atoms with E-state index < -0.39 is 11.4 Å². The average molecular weight is 518 g/mol. The first-order valence-corrected chi connectivity index (χ1v) is 11.6. The summed E-state index contributed by atoms with van der Waals surface area (Å²) in [6.45, 7) is 1.61. The van der Waals surface area contributed by atoms with Crippen LogP contribution in [0.15, 0.2) is 63.9 Å². The second-order valence-corrected chi connectivity index (χ2v) is 8.55. The van der Waals surface area contributed by atoms with Crippen LogP contribution in [0.4, 0.5) is 10.1 Å². The molecule has 0 unspecified atom stereocenters. The van der Waals surface area contributed by atoms with E-state index in [1.54, 1.807) is 49.4 Å². The van der Waals surface area contributed by atoms with Gasteiger partial charge in [0.15, 0.2) is 11.5 Å². The fourth-order valence-corrected chi connectivity index (χ4v) is 4.56. The van der Waals surface area contributed by atoms with E-state index in [1.165, 1.54) is 38.0 Å². The Morgan fingerprint density at radius 1 is 1.00 bits per heavy atom. The summed E-state index contributed by atoms with van der Waals surface area (Å²) < 4.78 is 37.5. The van der Waals surface area contributed by atoms with Crippen LogP contribution in [0.3, 0.4) is 0 Å². The molecule has 2 aromatic heterocycles. The molecule has 0 spiro atoms. The molecular formula is C28H24FN3O6. The molecule has 5 aromatic rings. The summed E-state index contributed by atoms with van der Waals surface area (Å²) in [4.78, 5) is 26.4. The first-order valence-electron chi connectivity index (χ1n) is 11.6. The fraction of sp³-hybridized carbons (Fsp3) is 0.179. The van der Waals surface area contributed by atoms with E-state index in [4.69, 9.17) is 18.7 Å². The van der Waals surface area contributed by atoms with Crippen LogP contribution < -0.4 is 25.1 Å². The third kappa shape index (κ3) is 4.19. The van der Waals surface area contributed by atoms with Gasteiger partial charge in [-0.05, 0) is 36.8 Å². The molecule has 0 fully saturated rings. The van der Waals surface area contributed by atoms with E-state index in [0.29, 0.717) is 45.5 Å². The highest BCUT2D eigenvalue weighted by atomic mass is 19.1. The van der Waals surface area contributed by atoms with E-state index in [0.717, 1.165) is 0 Å². The first kappa shape index (κ1) is 24.8. The molecular weight excluding hydrogens is 493 g/mol. The minimum absolute atomic E-state index is 0.0140. The lowest BCUT2D eigenvalue weighted by atomic mass is 10.1. The molecule has 1 N–H and O–H groups in total. The molecule has 0 saturated carbocycles. The maximum Gasteiger partial charge on any atom is 0.268 e. The predicted octanol–water partition coefficient (Wildman–Crippen LogP) is 4.79. The summed E-state index contributed by atoms with van der Waals surface area (Å²) in [7, 11) is 4.48. The highest BCUT2D eigenvalue weighted by Gasteiger charge is 2.21. The molecule has 1 amide bonds. The normalized spacial score (nSPS) is 11.1. The highest BCUT2D eigenvalue weighted by Crippen LogP contribution is 2.40. The molecule has 0 bridgehead atoms. The minimum Gasteiger partial charge on any atom is -0.493 e. The summed E-state index contributed by atoms with van der Waals surface area (Å²) in [6, 6.07) is 14.7. The highest BCUT2D eigenvalue weighted by molar-refractivity contribution is 6.04. The van der Waals surface area contributed by atoms with Crippen LogP contribution in [0.2, 0.25) is 0 Å². The van der Waals surface area contributed by atoms with Crippen molar-refractivity contribution in [3.05, 3.63) is 82.1 Å². The number of hydrogen-bond acceptors (Lipinski definition) is 7. The quantitative estimate of drug-likeness (QED) is 0.331. The number of amides is 1. The topological polar surface area (TPSA) is 105 Å². The van der Waals surface area contributed by atoms with Gasteiger partial charge in [-0.2, -0.15) is 0 Å². The lowest BCUT2D eigenvalue weighted by molar-refractivity contribution is -0.115. The van der Waals surface area contributed by atoms with Gasteiger partial charge >= 0.3 is 0 Å². The van der Waals surface area contributed by atoms with Gasteiger partial charge in [-0.3, -0.25) is 14.2 Å². The van der Waals surface area contributed by atoms with Gasteiger partial charge in [-0.25, -0.2) is 4.39 Å². The Labute approximate surface area is 216 Å². The Morgan fingerprint density at radius 3 is 2.39 bits per heavy atom. The smallest absolute Gasteiger partial charge is 0.268 e. The predicted molar refractivity (Wildman–Crippen MR) is 140 cm³/mol. The number of rotatable bonds is 7. The van der Waals surface area contributed by atoms with Gasteiger partial charge in [0.05, 0.1) is 38.7 Å². The Balaban J connectivity index is 1.51. The van der Waals surface area contributed by atoms with Crippen molar-refractivity contribution in [2.45, 2.75) is 13.3 Å². The van der Waals surface area contributed by atoms with Crippen molar-refractivity contribution in [1.82, 2.24) is 9.72 Å². The number of halogens is 1. The SMILES string of the molecule is COc1cc(NC(=O)Cc2cccc(-n3c(=O)c4c(C)onc4c4c(F)cccc43)c2)cc(OC)c1OC. The molecule has 9 nitrogen and oxygen atoms in total. The van der Waals surface area contributed by atoms with Crippen molar-refractivity contribution in [1.29, 1.82) is 0 Å². The number of fused-ring (bicyclic) bond motifs is 3. The lowest BCUT2D eigenvalue weighted by Crippen LogP contribution is -2.20. The van der Waals surface area contributed by atoms with Crippen LogP contribution >= 0.6 is 0 Å². The van der Waals surface area contributed by atoms with Gasteiger partial charge in [0.25, 0.3) is 5.56 Å². The molecule has 2 heterocycles. The monoisotopic (exact) mass is 517 g/mol. The van der Waals surface area contributed by atoms with Gasteiger partial charge in [-0.15, -0.1) is 0 Å². The summed E-state index contributed by atoms with van der Waals surface area (Å²) in [5.41, 5.74) is 1.72. The van der Waals surface area contributed by atoms with Crippen LogP contribution in [-0.4, -0.2) is 37.0 Å². The van der Waals surface area contributed by atoms with E-state index >= 15 is 0 Å². The van der Waals surface area contributed by atoms with Crippen LogP contribution in [0, 0.1) is 12.7 Å². The Bertz CT molecular complexity index is 1730. The zero-order valence-corrected chi connectivity index (χ0v) is 21.1. The molecule has 0 aliphatic rings. The van der Waals surface area contributed by atoms with Crippen LogP contribution in [-0.2, 0) is 11.2 Å². The second-order valence-electron chi connectivity index (χ2n) is 8.55. The summed E-state index contributed by atoms with van der Waals surface area (Å²) >= 11 is 0. The van der Waals surface area contributed by atoms with Crippen molar-refractivity contribution in [2.24, 2.45) is 0 Å². The average Bonchev–Trinajstić information content (AvgIpc) is 3.29. The second kappa shape index (κ2) is 9.89. The number of ether oxygens (including phenoxy) is 3. The fourth-order valence-electron chi connectivity index (χ4n) is 4.56. The number of hydrogen-bond donors (Lipinski definition) is 1. The molecule has 0 atom stereocenters. The number of pyridine rings is 1.